The van der Waals surface area contributed by atoms with Crippen LogP contribution in [0, 0.1) is 6.92 Å². The summed E-state index contributed by atoms with van der Waals surface area (Å²) in [5.41, 5.74) is 2.16. The highest BCUT2D eigenvalue weighted by atomic mass is 15.3. The molecule has 0 bridgehead atoms. The highest BCUT2D eigenvalue weighted by molar-refractivity contribution is 5.57. The lowest BCUT2D eigenvalue weighted by molar-refractivity contribution is 0.636. The molecule has 5 heteroatoms. The Morgan fingerprint density at radius 2 is 2.11 bits per heavy atom. The Balaban J connectivity index is 2.06. The minimum absolute atomic E-state index is 0.891. The molecule has 3 rings (SSSR count). The molecule has 0 fully saturated rings. The highest BCUT2D eigenvalue weighted by Crippen LogP contribution is 2.24. The lowest BCUT2D eigenvalue weighted by Gasteiger charge is -2.05. The summed E-state index contributed by atoms with van der Waals surface area (Å²) in [6.07, 6.45) is 6.87. The van der Waals surface area contributed by atoms with Crippen molar-refractivity contribution in [2.24, 2.45) is 0 Å². The molecule has 0 saturated carbocycles. The van der Waals surface area contributed by atoms with Crippen LogP contribution >= 0.6 is 0 Å². The summed E-state index contributed by atoms with van der Waals surface area (Å²) in [6.45, 7) is 6.07. The molecule has 0 radical (unpaired) electrons. The van der Waals surface area contributed by atoms with Crippen LogP contribution in [0.3, 0.4) is 0 Å². The van der Waals surface area contributed by atoms with Gasteiger partial charge in [-0.2, -0.15) is 5.10 Å². The van der Waals surface area contributed by atoms with E-state index in [1.165, 1.54) is 19.3 Å². The van der Waals surface area contributed by atoms with Crippen LogP contribution in [0.25, 0.3) is 11.4 Å². The van der Waals surface area contributed by atoms with Crippen LogP contribution in [-0.4, -0.2) is 24.5 Å². The van der Waals surface area contributed by atoms with E-state index in [1.54, 1.807) is 0 Å². The number of hydrogen-bond acceptors (Lipinski definition) is 3. The van der Waals surface area contributed by atoms with E-state index in [0.29, 0.717) is 0 Å². The SMILES string of the molecule is CCn1cc(-c2nnc3n2CCCCC3)c(C)n1. The van der Waals surface area contributed by atoms with E-state index in [4.69, 9.17) is 0 Å². The zero-order valence-corrected chi connectivity index (χ0v) is 11.1. The van der Waals surface area contributed by atoms with Gasteiger partial charge in [-0.05, 0) is 26.7 Å². The summed E-state index contributed by atoms with van der Waals surface area (Å²) < 4.78 is 4.24. The average Bonchev–Trinajstić information content (AvgIpc) is 2.85. The van der Waals surface area contributed by atoms with Crippen molar-refractivity contribution in [2.45, 2.75) is 52.6 Å². The number of hydrogen-bond donors (Lipinski definition) is 0. The summed E-state index contributed by atoms with van der Waals surface area (Å²) in [4.78, 5) is 0. The summed E-state index contributed by atoms with van der Waals surface area (Å²) in [7, 11) is 0. The van der Waals surface area contributed by atoms with E-state index >= 15 is 0 Å². The van der Waals surface area contributed by atoms with Crippen LogP contribution < -0.4 is 0 Å². The zero-order chi connectivity index (χ0) is 12.5. The third kappa shape index (κ3) is 1.83. The molecule has 0 spiro atoms. The Morgan fingerprint density at radius 1 is 1.22 bits per heavy atom. The van der Waals surface area contributed by atoms with Crippen molar-refractivity contribution in [1.82, 2.24) is 24.5 Å². The maximum atomic E-state index is 4.49. The van der Waals surface area contributed by atoms with Crippen molar-refractivity contribution in [3.63, 3.8) is 0 Å². The normalized spacial score (nSPS) is 15.4. The van der Waals surface area contributed by atoms with E-state index in [2.05, 4.69) is 33.0 Å². The number of aromatic nitrogens is 5. The second-order valence-corrected chi connectivity index (χ2v) is 4.89. The molecular weight excluding hydrogens is 226 g/mol. The van der Waals surface area contributed by atoms with Gasteiger partial charge in [-0.1, -0.05) is 6.42 Å². The molecule has 0 N–H and O–H groups in total. The summed E-state index contributed by atoms with van der Waals surface area (Å²) in [5.74, 6) is 2.12. The third-order valence-corrected chi connectivity index (χ3v) is 3.62. The molecular formula is C13H19N5. The molecule has 2 aromatic rings. The number of rotatable bonds is 2. The molecule has 0 unspecified atom stereocenters. The molecule has 3 heterocycles. The topological polar surface area (TPSA) is 48.5 Å². The van der Waals surface area contributed by atoms with Crippen LogP contribution in [0.2, 0.25) is 0 Å². The lowest BCUT2D eigenvalue weighted by Crippen LogP contribution is -2.03. The molecule has 1 aliphatic heterocycles. The fourth-order valence-electron chi connectivity index (χ4n) is 2.58. The molecule has 0 aliphatic carbocycles. The Kier molecular flexibility index (Phi) is 2.89. The second-order valence-electron chi connectivity index (χ2n) is 4.89. The Morgan fingerprint density at radius 3 is 2.89 bits per heavy atom. The minimum atomic E-state index is 0.891. The van der Waals surface area contributed by atoms with Gasteiger partial charge in [0, 0.05) is 25.7 Å². The van der Waals surface area contributed by atoms with Crippen LogP contribution in [-0.2, 0) is 19.5 Å². The largest absolute Gasteiger partial charge is 0.311 e. The van der Waals surface area contributed by atoms with E-state index < -0.39 is 0 Å². The predicted octanol–water partition coefficient (Wildman–Crippen LogP) is 2.20. The first-order valence-electron chi connectivity index (χ1n) is 6.76. The molecule has 2 aromatic heterocycles. The van der Waals surface area contributed by atoms with E-state index in [0.717, 1.165) is 42.4 Å². The second kappa shape index (κ2) is 4.55. The average molecular weight is 245 g/mol. The van der Waals surface area contributed by atoms with Gasteiger partial charge in [0.1, 0.15) is 5.82 Å². The smallest absolute Gasteiger partial charge is 0.167 e. The van der Waals surface area contributed by atoms with Crippen molar-refractivity contribution in [2.75, 3.05) is 0 Å². The summed E-state index contributed by atoms with van der Waals surface area (Å²) in [6, 6.07) is 0. The monoisotopic (exact) mass is 245 g/mol. The standard InChI is InChI=1S/C13H19N5/c1-3-17-9-11(10(2)16-17)13-15-14-12-7-5-4-6-8-18(12)13/h9H,3-8H2,1-2H3. The van der Waals surface area contributed by atoms with Gasteiger partial charge in [-0.25, -0.2) is 0 Å². The van der Waals surface area contributed by atoms with Crippen molar-refractivity contribution in [1.29, 1.82) is 0 Å². The van der Waals surface area contributed by atoms with E-state index in [9.17, 15) is 0 Å². The Hall–Kier alpha value is -1.65. The number of nitrogens with zero attached hydrogens (tertiary/aromatic N) is 5. The van der Waals surface area contributed by atoms with Gasteiger partial charge in [0.15, 0.2) is 5.82 Å². The fraction of sp³-hybridized carbons (Fsp3) is 0.615. The molecule has 0 amide bonds. The van der Waals surface area contributed by atoms with Crippen molar-refractivity contribution in [3.05, 3.63) is 17.7 Å². The van der Waals surface area contributed by atoms with Gasteiger partial charge >= 0.3 is 0 Å². The summed E-state index contributed by atoms with van der Waals surface area (Å²) >= 11 is 0. The Bertz CT molecular complexity index is 552. The Labute approximate surface area is 107 Å². The van der Waals surface area contributed by atoms with Crippen molar-refractivity contribution in [3.8, 4) is 11.4 Å². The van der Waals surface area contributed by atoms with Crippen molar-refractivity contribution < 1.29 is 0 Å². The third-order valence-electron chi connectivity index (χ3n) is 3.62. The van der Waals surface area contributed by atoms with Crippen LogP contribution in [0.15, 0.2) is 6.20 Å². The first-order chi connectivity index (χ1) is 8.79. The molecule has 0 saturated heterocycles. The number of aryl methyl sites for hydroxylation is 3. The van der Waals surface area contributed by atoms with E-state index in [-0.39, 0.29) is 0 Å². The number of fused-ring (bicyclic) bond motifs is 1. The molecule has 5 nitrogen and oxygen atoms in total. The van der Waals surface area contributed by atoms with Crippen LogP contribution in [0.4, 0.5) is 0 Å². The molecule has 0 atom stereocenters. The zero-order valence-electron chi connectivity index (χ0n) is 11.1. The van der Waals surface area contributed by atoms with Gasteiger partial charge < -0.3 is 4.57 Å². The fourth-order valence-corrected chi connectivity index (χ4v) is 2.58. The lowest BCUT2D eigenvalue weighted by atomic mass is 10.2. The van der Waals surface area contributed by atoms with E-state index in [1.807, 2.05) is 11.6 Å². The van der Waals surface area contributed by atoms with Crippen LogP contribution in [0.5, 0.6) is 0 Å². The predicted molar refractivity (Wildman–Crippen MR) is 69.2 cm³/mol. The van der Waals surface area contributed by atoms with Gasteiger partial charge in [0.2, 0.25) is 0 Å². The highest BCUT2D eigenvalue weighted by Gasteiger charge is 2.18. The molecule has 1 aliphatic rings. The van der Waals surface area contributed by atoms with Crippen molar-refractivity contribution >= 4 is 0 Å². The van der Waals surface area contributed by atoms with Gasteiger partial charge in [0.25, 0.3) is 0 Å². The molecule has 96 valence electrons. The minimum Gasteiger partial charge on any atom is -0.311 e. The molecule has 0 aromatic carbocycles. The van der Waals surface area contributed by atoms with Gasteiger partial charge in [0.05, 0.1) is 11.3 Å². The first-order valence-corrected chi connectivity index (χ1v) is 6.76. The van der Waals surface area contributed by atoms with Crippen LogP contribution in [0.1, 0.15) is 37.7 Å². The first kappa shape index (κ1) is 11.4. The van der Waals surface area contributed by atoms with Gasteiger partial charge in [-0.15, -0.1) is 10.2 Å². The maximum Gasteiger partial charge on any atom is 0.167 e. The quantitative estimate of drug-likeness (QED) is 0.815. The maximum absolute atomic E-state index is 4.49. The van der Waals surface area contributed by atoms with Gasteiger partial charge in [-0.3, -0.25) is 4.68 Å². The summed E-state index contributed by atoms with van der Waals surface area (Å²) in [5, 5.41) is 13.2. The molecule has 18 heavy (non-hydrogen) atoms.